The number of hydrogen-bond acceptors (Lipinski definition) is 2. The van der Waals surface area contributed by atoms with Gasteiger partial charge in [-0.2, -0.15) is 0 Å². The minimum absolute atomic E-state index is 0.281. The van der Waals surface area contributed by atoms with E-state index >= 15 is 0 Å². The topological polar surface area (TPSA) is 29.3 Å². The molecule has 0 saturated carbocycles. The van der Waals surface area contributed by atoms with E-state index in [-0.39, 0.29) is 5.41 Å². The van der Waals surface area contributed by atoms with E-state index in [0.717, 1.165) is 13.0 Å². The highest BCUT2D eigenvalue weighted by molar-refractivity contribution is 4.90. The molecule has 84 valence electrons. The van der Waals surface area contributed by atoms with Crippen molar-refractivity contribution in [3.05, 3.63) is 0 Å². The van der Waals surface area contributed by atoms with Gasteiger partial charge in [0.15, 0.2) is 0 Å². The molecule has 0 aliphatic carbocycles. The van der Waals surface area contributed by atoms with Gasteiger partial charge < -0.3 is 10.6 Å². The molecular formula is C12H26N2. The quantitative estimate of drug-likeness (QED) is 0.699. The second-order valence-corrected chi connectivity index (χ2v) is 6.66. The standard InChI is InChI=1S/C12H26N2/c1-11(2,3)8-14-7-6-10(13)12(4,5)9-14/h10H,6-9,13H2,1-5H3. The van der Waals surface area contributed by atoms with Crippen LogP contribution < -0.4 is 5.73 Å². The fourth-order valence-corrected chi connectivity index (χ4v) is 2.29. The third-order valence-corrected chi connectivity index (χ3v) is 3.09. The Bertz CT molecular complexity index is 191. The second-order valence-electron chi connectivity index (χ2n) is 6.66. The van der Waals surface area contributed by atoms with Crippen molar-refractivity contribution in [3.8, 4) is 0 Å². The monoisotopic (exact) mass is 198 g/mol. The Morgan fingerprint density at radius 2 is 1.93 bits per heavy atom. The van der Waals surface area contributed by atoms with E-state index < -0.39 is 0 Å². The lowest BCUT2D eigenvalue weighted by atomic mass is 9.79. The smallest absolute Gasteiger partial charge is 0.0115 e. The molecule has 1 rings (SSSR count). The highest BCUT2D eigenvalue weighted by atomic mass is 15.2. The number of piperidine rings is 1. The first kappa shape index (κ1) is 12.0. The number of nitrogens with zero attached hydrogens (tertiary/aromatic N) is 1. The Kier molecular flexibility index (Phi) is 3.27. The summed E-state index contributed by atoms with van der Waals surface area (Å²) in [5, 5.41) is 0. The molecule has 1 heterocycles. The van der Waals surface area contributed by atoms with E-state index in [1.165, 1.54) is 13.1 Å². The van der Waals surface area contributed by atoms with Crippen LogP contribution in [0.3, 0.4) is 0 Å². The van der Waals surface area contributed by atoms with Gasteiger partial charge in [-0.1, -0.05) is 34.6 Å². The maximum atomic E-state index is 6.11. The summed E-state index contributed by atoms with van der Waals surface area (Å²) in [7, 11) is 0. The summed E-state index contributed by atoms with van der Waals surface area (Å²) >= 11 is 0. The molecule has 0 bridgehead atoms. The van der Waals surface area contributed by atoms with Gasteiger partial charge in [-0.05, 0) is 23.8 Å². The molecule has 2 heteroatoms. The first-order chi connectivity index (χ1) is 6.21. The summed E-state index contributed by atoms with van der Waals surface area (Å²) in [5.41, 5.74) is 6.79. The molecule has 0 amide bonds. The van der Waals surface area contributed by atoms with Gasteiger partial charge in [0.1, 0.15) is 0 Å². The van der Waals surface area contributed by atoms with Crippen LogP contribution in [0, 0.1) is 10.8 Å². The van der Waals surface area contributed by atoms with E-state index in [0.29, 0.717) is 11.5 Å². The Morgan fingerprint density at radius 3 is 2.36 bits per heavy atom. The largest absolute Gasteiger partial charge is 0.327 e. The van der Waals surface area contributed by atoms with Gasteiger partial charge in [0.2, 0.25) is 0 Å². The van der Waals surface area contributed by atoms with Crippen LogP contribution in [0.4, 0.5) is 0 Å². The zero-order valence-electron chi connectivity index (χ0n) is 10.4. The summed E-state index contributed by atoms with van der Waals surface area (Å²) in [6.07, 6.45) is 1.14. The van der Waals surface area contributed by atoms with Gasteiger partial charge in [0.05, 0.1) is 0 Å². The molecule has 0 aromatic carbocycles. The lowest BCUT2D eigenvalue weighted by molar-refractivity contribution is 0.0693. The van der Waals surface area contributed by atoms with Crippen LogP contribution in [0.2, 0.25) is 0 Å². The van der Waals surface area contributed by atoms with E-state index in [9.17, 15) is 0 Å². The third-order valence-electron chi connectivity index (χ3n) is 3.09. The molecule has 0 spiro atoms. The van der Waals surface area contributed by atoms with Crippen LogP contribution in [-0.2, 0) is 0 Å². The average molecular weight is 198 g/mol. The highest BCUT2D eigenvalue weighted by Gasteiger charge is 2.34. The Morgan fingerprint density at radius 1 is 1.36 bits per heavy atom. The first-order valence-corrected chi connectivity index (χ1v) is 5.69. The molecule has 0 aromatic rings. The minimum atomic E-state index is 0.281. The maximum absolute atomic E-state index is 6.11. The molecular weight excluding hydrogens is 172 g/mol. The van der Waals surface area contributed by atoms with Crippen molar-refractivity contribution in [1.29, 1.82) is 0 Å². The van der Waals surface area contributed by atoms with E-state index in [2.05, 4.69) is 39.5 Å². The third kappa shape index (κ3) is 3.25. The van der Waals surface area contributed by atoms with E-state index in [1.807, 2.05) is 0 Å². The van der Waals surface area contributed by atoms with Crippen molar-refractivity contribution < 1.29 is 0 Å². The lowest BCUT2D eigenvalue weighted by Gasteiger charge is -2.44. The summed E-state index contributed by atoms with van der Waals surface area (Å²) in [6.45, 7) is 15.0. The van der Waals surface area contributed by atoms with Crippen molar-refractivity contribution in [2.24, 2.45) is 16.6 Å². The van der Waals surface area contributed by atoms with Crippen LogP contribution in [-0.4, -0.2) is 30.6 Å². The molecule has 14 heavy (non-hydrogen) atoms. The number of nitrogens with two attached hydrogens (primary N) is 1. The van der Waals surface area contributed by atoms with Crippen molar-refractivity contribution in [1.82, 2.24) is 4.90 Å². The summed E-state index contributed by atoms with van der Waals surface area (Å²) < 4.78 is 0. The van der Waals surface area contributed by atoms with E-state index in [4.69, 9.17) is 5.73 Å². The number of hydrogen-bond donors (Lipinski definition) is 1. The molecule has 1 aliphatic rings. The Balaban J connectivity index is 2.52. The van der Waals surface area contributed by atoms with Crippen molar-refractivity contribution >= 4 is 0 Å². The van der Waals surface area contributed by atoms with Crippen LogP contribution in [0.1, 0.15) is 41.0 Å². The Hall–Kier alpha value is -0.0800. The molecule has 2 N–H and O–H groups in total. The SMILES string of the molecule is CC(C)(C)CN1CCC(N)C(C)(C)C1. The predicted octanol–water partition coefficient (Wildman–Crippen LogP) is 2.09. The zero-order valence-corrected chi connectivity index (χ0v) is 10.4. The average Bonchev–Trinajstić information content (AvgIpc) is 1.93. The first-order valence-electron chi connectivity index (χ1n) is 5.69. The molecule has 1 fully saturated rings. The summed E-state index contributed by atoms with van der Waals surface area (Å²) in [4.78, 5) is 2.56. The van der Waals surface area contributed by atoms with Gasteiger partial charge in [-0.3, -0.25) is 0 Å². The van der Waals surface area contributed by atoms with Gasteiger partial charge in [-0.15, -0.1) is 0 Å². The summed E-state index contributed by atoms with van der Waals surface area (Å²) in [5.74, 6) is 0. The predicted molar refractivity (Wildman–Crippen MR) is 62.3 cm³/mol. The van der Waals surface area contributed by atoms with Gasteiger partial charge in [0.25, 0.3) is 0 Å². The fraction of sp³-hybridized carbons (Fsp3) is 1.00. The number of rotatable bonds is 1. The van der Waals surface area contributed by atoms with Gasteiger partial charge in [0, 0.05) is 19.1 Å². The molecule has 2 nitrogen and oxygen atoms in total. The van der Waals surface area contributed by atoms with Gasteiger partial charge >= 0.3 is 0 Å². The fourth-order valence-electron chi connectivity index (χ4n) is 2.29. The van der Waals surface area contributed by atoms with Crippen LogP contribution in [0.15, 0.2) is 0 Å². The molecule has 1 aliphatic heterocycles. The van der Waals surface area contributed by atoms with Crippen molar-refractivity contribution in [2.75, 3.05) is 19.6 Å². The van der Waals surface area contributed by atoms with Crippen LogP contribution in [0.5, 0.6) is 0 Å². The van der Waals surface area contributed by atoms with Gasteiger partial charge in [-0.25, -0.2) is 0 Å². The Labute approximate surface area is 88.8 Å². The second kappa shape index (κ2) is 3.82. The lowest BCUT2D eigenvalue weighted by Crippen LogP contribution is -2.53. The van der Waals surface area contributed by atoms with Crippen LogP contribution >= 0.6 is 0 Å². The minimum Gasteiger partial charge on any atom is -0.327 e. The highest BCUT2D eigenvalue weighted by Crippen LogP contribution is 2.29. The van der Waals surface area contributed by atoms with Crippen molar-refractivity contribution in [2.45, 2.75) is 47.1 Å². The molecule has 1 atom stereocenters. The van der Waals surface area contributed by atoms with E-state index in [1.54, 1.807) is 0 Å². The maximum Gasteiger partial charge on any atom is 0.0115 e. The summed E-state index contributed by atoms with van der Waals surface area (Å²) in [6, 6.07) is 0.374. The normalized spacial score (nSPS) is 29.1. The molecule has 0 aromatic heterocycles. The molecule has 1 saturated heterocycles. The van der Waals surface area contributed by atoms with Crippen LogP contribution in [0.25, 0.3) is 0 Å². The molecule has 0 radical (unpaired) electrons. The molecule has 1 unspecified atom stereocenters. The number of likely N-dealkylation sites (tertiary alicyclic amines) is 1. The van der Waals surface area contributed by atoms with Crippen molar-refractivity contribution in [3.63, 3.8) is 0 Å². The zero-order chi connectivity index (χ0) is 11.0.